The van der Waals surface area contributed by atoms with Crippen LogP contribution in [0.15, 0.2) is 17.1 Å². The number of nitrogens with one attached hydrogen (secondary N) is 1. The molecule has 1 aromatic rings. The number of amidine groups is 1. The van der Waals surface area contributed by atoms with Gasteiger partial charge in [-0.2, -0.15) is 0 Å². The zero-order valence-electron chi connectivity index (χ0n) is 8.24. The Morgan fingerprint density at radius 2 is 2.27 bits per heavy atom. The zero-order chi connectivity index (χ0) is 10.3. The van der Waals surface area contributed by atoms with E-state index in [1.54, 1.807) is 7.11 Å². The SMILES string of the molecule is COc1cc2c3c(c1)ONC3=NCCO2. The number of hydroxylamine groups is 1. The molecular weight excluding hydrogens is 196 g/mol. The molecule has 0 aromatic heterocycles. The van der Waals surface area contributed by atoms with Crippen molar-refractivity contribution < 1.29 is 14.3 Å². The minimum atomic E-state index is 0.574. The Labute approximate surface area is 86.6 Å². The Hall–Kier alpha value is -1.91. The Morgan fingerprint density at radius 3 is 3.13 bits per heavy atom. The third-order valence-corrected chi connectivity index (χ3v) is 2.39. The third kappa shape index (κ3) is 1.20. The maximum Gasteiger partial charge on any atom is 0.173 e. The van der Waals surface area contributed by atoms with Gasteiger partial charge >= 0.3 is 0 Å². The topological polar surface area (TPSA) is 52.1 Å². The fourth-order valence-corrected chi connectivity index (χ4v) is 1.69. The van der Waals surface area contributed by atoms with Crippen LogP contribution in [0.25, 0.3) is 0 Å². The predicted molar refractivity (Wildman–Crippen MR) is 53.7 cm³/mol. The van der Waals surface area contributed by atoms with Crippen LogP contribution >= 0.6 is 0 Å². The first-order valence-corrected chi connectivity index (χ1v) is 4.71. The quantitative estimate of drug-likeness (QED) is 0.736. The van der Waals surface area contributed by atoms with E-state index in [4.69, 9.17) is 14.3 Å². The van der Waals surface area contributed by atoms with Crippen molar-refractivity contribution >= 4 is 5.84 Å². The molecule has 5 nitrogen and oxygen atoms in total. The van der Waals surface area contributed by atoms with E-state index in [1.807, 2.05) is 12.1 Å². The van der Waals surface area contributed by atoms with Gasteiger partial charge in [-0.3, -0.25) is 4.99 Å². The normalized spacial score (nSPS) is 16.5. The molecule has 0 saturated carbocycles. The summed E-state index contributed by atoms with van der Waals surface area (Å²) in [5.74, 6) is 2.91. The molecule has 0 radical (unpaired) electrons. The lowest BCUT2D eigenvalue weighted by Crippen LogP contribution is -2.19. The summed E-state index contributed by atoms with van der Waals surface area (Å²) in [7, 11) is 1.61. The molecule has 0 saturated heterocycles. The van der Waals surface area contributed by atoms with Gasteiger partial charge in [0.1, 0.15) is 23.7 Å². The second kappa shape index (κ2) is 3.05. The number of ether oxygens (including phenoxy) is 2. The van der Waals surface area contributed by atoms with Crippen molar-refractivity contribution in [2.75, 3.05) is 20.3 Å². The molecule has 2 heterocycles. The summed E-state index contributed by atoms with van der Waals surface area (Å²) in [6, 6.07) is 3.65. The highest BCUT2D eigenvalue weighted by atomic mass is 16.7. The maximum atomic E-state index is 5.57. The number of rotatable bonds is 1. The lowest BCUT2D eigenvalue weighted by atomic mass is 10.1. The van der Waals surface area contributed by atoms with Crippen LogP contribution in [0.2, 0.25) is 0 Å². The second-order valence-electron chi connectivity index (χ2n) is 3.28. The molecular formula is C10H10N2O3. The van der Waals surface area contributed by atoms with Gasteiger partial charge in [0.05, 0.1) is 13.7 Å². The van der Waals surface area contributed by atoms with Gasteiger partial charge < -0.3 is 14.3 Å². The van der Waals surface area contributed by atoms with Crippen molar-refractivity contribution in [2.45, 2.75) is 0 Å². The van der Waals surface area contributed by atoms with Gasteiger partial charge in [0.15, 0.2) is 11.6 Å². The van der Waals surface area contributed by atoms with Gasteiger partial charge in [-0.1, -0.05) is 0 Å². The summed E-state index contributed by atoms with van der Waals surface area (Å²) in [5.41, 5.74) is 3.65. The molecule has 1 N–H and O–H groups in total. The van der Waals surface area contributed by atoms with E-state index < -0.39 is 0 Å². The smallest absolute Gasteiger partial charge is 0.173 e. The molecule has 78 valence electrons. The molecule has 2 aliphatic rings. The van der Waals surface area contributed by atoms with E-state index in [1.165, 1.54) is 0 Å². The average Bonchev–Trinajstić information content (AvgIpc) is 2.55. The van der Waals surface area contributed by atoms with Gasteiger partial charge in [-0.15, -0.1) is 0 Å². The molecule has 2 aliphatic heterocycles. The van der Waals surface area contributed by atoms with E-state index in [2.05, 4.69) is 10.5 Å². The fraction of sp³-hybridized carbons (Fsp3) is 0.300. The first-order valence-electron chi connectivity index (χ1n) is 4.71. The Balaban J connectivity index is 2.21. The molecule has 0 atom stereocenters. The van der Waals surface area contributed by atoms with Gasteiger partial charge in [-0.05, 0) is 0 Å². The van der Waals surface area contributed by atoms with Crippen molar-refractivity contribution in [2.24, 2.45) is 4.99 Å². The summed E-state index contributed by atoms with van der Waals surface area (Å²) in [6.07, 6.45) is 0. The lowest BCUT2D eigenvalue weighted by molar-refractivity contribution is 0.273. The van der Waals surface area contributed by atoms with Crippen LogP contribution in [0.1, 0.15) is 5.56 Å². The molecule has 0 aliphatic carbocycles. The van der Waals surface area contributed by atoms with Crippen LogP contribution in [0.3, 0.4) is 0 Å². The summed E-state index contributed by atoms with van der Waals surface area (Å²) < 4.78 is 10.7. The van der Waals surface area contributed by atoms with Gasteiger partial charge in [0, 0.05) is 12.1 Å². The molecule has 0 spiro atoms. The van der Waals surface area contributed by atoms with Crippen LogP contribution < -0.4 is 19.8 Å². The van der Waals surface area contributed by atoms with Gasteiger partial charge in [-0.25, -0.2) is 5.48 Å². The molecule has 15 heavy (non-hydrogen) atoms. The number of hydrogen-bond donors (Lipinski definition) is 1. The standard InChI is InChI=1S/C10H10N2O3/c1-13-6-4-7-9-8(5-6)15-12-10(9)11-2-3-14-7/h4-5H,2-3H2,1H3,(H,11,12). The number of aliphatic imine (C=N–C) groups is 1. The van der Waals surface area contributed by atoms with Crippen LogP contribution in [0, 0.1) is 0 Å². The van der Waals surface area contributed by atoms with Crippen LogP contribution in [0.5, 0.6) is 17.2 Å². The maximum absolute atomic E-state index is 5.57. The number of hydrogen-bond acceptors (Lipinski definition) is 5. The van der Waals surface area contributed by atoms with E-state index >= 15 is 0 Å². The first-order chi connectivity index (χ1) is 7.38. The van der Waals surface area contributed by atoms with Crippen molar-refractivity contribution in [1.29, 1.82) is 0 Å². The highest BCUT2D eigenvalue weighted by molar-refractivity contribution is 6.05. The van der Waals surface area contributed by atoms with Gasteiger partial charge in [0.2, 0.25) is 0 Å². The molecule has 0 fully saturated rings. The summed E-state index contributed by atoms with van der Waals surface area (Å²) in [6.45, 7) is 1.20. The highest BCUT2D eigenvalue weighted by Gasteiger charge is 2.27. The summed E-state index contributed by atoms with van der Waals surface area (Å²) in [4.78, 5) is 9.59. The molecule has 0 unspecified atom stereocenters. The minimum absolute atomic E-state index is 0.574. The summed E-state index contributed by atoms with van der Waals surface area (Å²) >= 11 is 0. The third-order valence-electron chi connectivity index (χ3n) is 2.39. The van der Waals surface area contributed by atoms with E-state index in [0.29, 0.717) is 24.7 Å². The fourth-order valence-electron chi connectivity index (χ4n) is 1.69. The van der Waals surface area contributed by atoms with Crippen molar-refractivity contribution in [1.82, 2.24) is 5.48 Å². The van der Waals surface area contributed by atoms with Crippen molar-refractivity contribution in [3.8, 4) is 17.2 Å². The Bertz CT molecular complexity index is 443. The van der Waals surface area contributed by atoms with Crippen molar-refractivity contribution in [3.05, 3.63) is 17.7 Å². The van der Waals surface area contributed by atoms with E-state index in [-0.39, 0.29) is 0 Å². The highest BCUT2D eigenvalue weighted by Crippen LogP contribution is 2.37. The van der Waals surface area contributed by atoms with Crippen LogP contribution in [-0.2, 0) is 0 Å². The van der Waals surface area contributed by atoms with Crippen LogP contribution in [0.4, 0.5) is 0 Å². The van der Waals surface area contributed by atoms with E-state index in [0.717, 1.165) is 17.1 Å². The van der Waals surface area contributed by atoms with Gasteiger partial charge in [0.25, 0.3) is 0 Å². The van der Waals surface area contributed by atoms with Crippen molar-refractivity contribution in [3.63, 3.8) is 0 Å². The second-order valence-corrected chi connectivity index (χ2v) is 3.28. The summed E-state index contributed by atoms with van der Waals surface area (Å²) in [5, 5.41) is 0. The molecule has 0 amide bonds. The average molecular weight is 206 g/mol. The number of nitrogens with zero attached hydrogens (tertiary/aromatic N) is 1. The Morgan fingerprint density at radius 1 is 1.40 bits per heavy atom. The number of methoxy groups -OCH3 is 1. The first kappa shape index (κ1) is 8.40. The predicted octanol–water partition coefficient (Wildman–Crippen LogP) is 0.731. The number of benzene rings is 1. The molecule has 3 rings (SSSR count). The van der Waals surface area contributed by atoms with Crippen LogP contribution in [-0.4, -0.2) is 26.1 Å². The molecule has 0 bridgehead atoms. The molecule has 1 aromatic carbocycles. The van der Waals surface area contributed by atoms with E-state index in [9.17, 15) is 0 Å². The lowest BCUT2D eigenvalue weighted by Gasteiger charge is -2.07. The molecule has 5 heteroatoms. The largest absolute Gasteiger partial charge is 0.496 e. The monoisotopic (exact) mass is 206 g/mol. The minimum Gasteiger partial charge on any atom is -0.496 e. The Kier molecular flexibility index (Phi) is 1.71. The zero-order valence-corrected chi connectivity index (χ0v) is 8.24.